The lowest BCUT2D eigenvalue weighted by Gasteiger charge is -1.92. The van der Waals surface area contributed by atoms with Crippen LogP contribution >= 0.6 is 11.6 Å². The van der Waals surface area contributed by atoms with Gasteiger partial charge in [-0.3, -0.25) is 4.79 Å². The summed E-state index contributed by atoms with van der Waals surface area (Å²) in [4.78, 5) is 15.0. The number of aromatic nitrogens is 1. The van der Waals surface area contributed by atoms with E-state index in [1.54, 1.807) is 6.92 Å². The summed E-state index contributed by atoms with van der Waals surface area (Å²) in [7, 11) is 0. The topological polar surface area (TPSA) is 43.1 Å². The van der Waals surface area contributed by atoms with Gasteiger partial charge in [0.05, 0.1) is 12.1 Å². The highest BCUT2D eigenvalue weighted by Gasteiger charge is 2.12. The largest absolute Gasteiger partial charge is 0.441 e. The molecule has 4 heteroatoms. The molecule has 0 amide bonds. The maximum atomic E-state index is 10.8. The van der Waals surface area contributed by atoms with Gasteiger partial charge < -0.3 is 4.42 Å². The summed E-state index contributed by atoms with van der Waals surface area (Å²) in [5.74, 6) is 1.15. The Labute approximate surface area is 98.1 Å². The van der Waals surface area contributed by atoms with Crippen LogP contribution in [0.15, 0.2) is 34.7 Å². The summed E-state index contributed by atoms with van der Waals surface area (Å²) < 4.78 is 5.48. The van der Waals surface area contributed by atoms with Crippen molar-refractivity contribution in [2.24, 2.45) is 0 Å². The average Bonchev–Trinajstić information content (AvgIpc) is 2.61. The van der Waals surface area contributed by atoms with Crippen molar-refractivity contribution in [1.82, 2.24) is 4.98 Å². The molecule has 2 rings (SSSR count). The van der Waals surface area contributed by atoms with E-state index < -0.39 is 5.24 Å². The van der Waals surface area contributed by atoms with E-state index in [1.807, 2.05) is 30.3 Å². The molecule has 0 radical (unpaired) electrons. The molecule has 0 saturated carbocycles. The normalized spacial score (nSPS) is 10.4. The number of carbonyl (C=O) groups is 1. The number of hydrogen-bond donors (Lipinski definition) is 0. The Morgan fingerprint density at radius 1 is 1.38 bits per heavy atom. The summed E-state index contributed by atoms with van der Waals surface area (Å²) in [5.41, 5.74) is 1.48. The van der Waals surface area contributed by atoms with Crippen LogP contribution in [0, 0.1) is 6.92 Å². The van der Waals surface area contributed by atoms with Gasteiger partial charge in [0, 0.05) is 5.56 Å². The van der Waals surface area contributed by atoms with Gasteiger partial charge in [-0.15, -0.1) is 0 Å². The summed E-state index contributed by atoms with van der Waals surface area (Å²) >= 11 is 5.32. The number of carbonyl (C=O) groups excluding carboxylic acids is 1. The van der Waals surface area contributed by atoms with Gasteiger partial charge in [0.25, 0.3) is 0 Å². The zero-order chi connectivity index (χ0) is 11.5. The summed E-state index contributed by atoms with van der Waals surface area (Å²) in [6, 6.07) is 9.53. The van der Waals surface area contributed by atoms with Crippen LogP contribution in [0.2, 0.25) is 0 Å². The van der Waals surface area contributed by atoms with Crippen LogP contribution in [-0.4, -0.2) is 10.2 Å². The molecule has 1 heterocycles. The maximum Gasteiger partial charge on any atom is 0.227 e. The van der Waals surface area contributed by atoms with E-state index in [9.17, 15) is 4.79 Å². The standard InChI is InChI=1S/C12H10ClNO2/c1-8-10(7-11(13)15)14-12(16-8)9-5-3-2-4-6-9/h2-6H,7H2,1H3. The van der Waals surface area contributed by atoms with E-state index in [-0.39, 0.29) is 6.42 Å². The van der Waals surface area contributed by atoms with E-state index in [1.165, 1.54) is 0 Å². The van der Waals surface area contributed by atoms with Gasteiger partial charge in [-0.2, -0.15) is 0 Å². The van der Waals surface area contributed by atoms with Crippen LogP contribution < -0.4 is 0 Å². The second-order valence-corrected chi connectivity index (χ2v) is 3.84. The molecule has 0 N–H and O–H groups in total. The first-order valence-electron chi connectivity index (χ1n) is 4.87. The van der Waals surface area contributed by atoms with Gasteiger partial charge in [0.15, 0.2) is 0 Å². The number of nitrogens with zero attached hydrogens (tertiary/aromatic N) is 1. The molecule has 1 aromatic carbocycles. The number of rotatable bonds is 3. The lowest BCUT2D eigenvalue weighted by molar-refractivity contribution is -0.111. The molecule has 3 nitrogen and oxygen atoms in total. The molecule has 0 saturated heterocycles. The van der Waals surface area contributed by atoms with Crippen molar-refractivity contribution >= 4 is 16.8 Å². The van der Waals surface area contributed by atoms with Crippen molar-refractivity contribution in [2.45, 2.75) is 13.3 Å². The lowest BCUT2D eigenvalue weighted by Crippen LogP contribution is -1.95. The minimum Gasteiger partial charge on any atom is -0.441 e. The molecule has 0 aliphatic heterocycles. The zero-order valence-corrected chi connectivity index (χ0v) is 9.49. The van der Waals surface area contributed by atoms with Crippen molar-refractivity contribution in [2.75, 3.05) is 0 Å². The molecule has 0 unspecified atom stereocenters. The van der Waals surface area contributed by atoms with E-state index in [0.29, 0.717) is 17.3 Å². The average molecular weight is 236 g/mol. The van der Waals surface area contributed by atoms with Crippen molar-refractivity contribution in [3.8, 4) is 11.5 Å². The zero-order valence-electron chi connectivity index (χ0n) is 8.74. The first kappa shape index (κ1) is 10.9. The van der Waals surface area contributed by atoms with E-state index >= 15 is 0 Å². The second kappa shape index (κ2) is 4.49. The smallest absolute Gasteiger partial charge is 0.227 e. The Morgan fingerprint density at radius 3 is 2.69 bits per heavy atom. The maximum absolute atomic E-state index is 10.8. The molecule has 0 bridgehead atoms. The van der Waals surface area contributed by atoms with E-state index in [2.05, 4.69) is 4.98 Å². The molecule has 0 spiro atoms. The Kier molecular flexibility index (Phi) is 3.06. The number of benzene rings is 1. The van der Waals surface area contributed by atoms with Gasteiger partial charge in [0.2, 0.25) is 11.1 Å². The molecule has 82 valence electrons. The highest BCUT2D eigenvalue weighted by atomic mass is 35.5. The minimum atomic E-state index is -0.434. The molecule has 1 aromatic heterocycles. The third-order valence-corrected chi connectivity index (χ3v) is 2.35. The van der Waals surface area contributed by atoms with Crippen molar-refractivity contribution in [1.29, 1.82) is 0 Å². The molecular formula is C12H10ClNO2. The molecule has 0 aliphatic carbocycles. The predicted molar refractivity (Wildman–Crippen MR) is 61.2 cm³/mol. The van der Waals surface area contributed by atoms with Crippen LogP contribution in [0.5, 0.6) is 0 Å². The van der Waals surface area contributed by atoms with Gasteiger partial charge in [-0.05, 0) is 30.7 Å². The fraction of sp³-hybridized carbons (Fsp3) is 0.167. The molecule has 2 aromatic rings. The highest BCUT2D eigenvalue weighted by molar-refractivity contribution is 6.63. The summed E-state index contributed by atoms with van der Waals surface area (Å²) in [6.07, 6.45) is 0.101. The van der Waals surface area contributed by atoms with E-state index in [4.69, 9.17) is 16.0 Å². The van der Waals surface area contributed by atoms with Crippen LogP contribution in [-0.2, 0) is 11.2 Å². The Balaban J connectivity index is 2.34. The fourth-order valence-corrected chi connectivity index (χ4v) is 1.55. The number of halogens is 1. The molecular weight excluding hydrogens is 226 g/mol. The van der Waals surface area contributed by atoms with Crippen LogP contribution in [0.3, 0.4) is 0 Å². The second-order valence-electron chi connectivity index (χ2n) is 3.42. The quantitative estimate of drug-likeness (QED) is 0.769. The number of oxazole rings is 1. The van der Waals surface area contributed by atoms with E-state index in [0.717, 1.165) is 5.56 Å². The third kappa shape index (κ3) is 2.31. The van der Waals surface area contributed by atoms with Crippen molar-refractivity contribution < 1.29 is 9.21 Å². The van der Waals surface area contributed by atoms with Gasteiger partial charge in [0.1, 0.15) is 5.76 Å². The molecule has 0 atom stereocenters. The van der Waals surface area contributed by atoms with Crippen molar-refractivity contribution in [3.05, 3.63) is 41.8 Å². The molecule has 16 heavy (non-hydrogen) atoms. The highest BCUT2D eigenvalue weighted by Crippen LogP contribution is 2.21. The molecule has 0 aliphatic rings. The fourth-order valence-electron chi connectivity index (χ4n) is 1.43. The monoisotopic (exact) mass is 235 g/mol. The van der Waals surface area contributed by atoms with Crippen LogP contribution in [0.4, 0.5) is 0 Å². The SMILES string of the molecule is Cc1oc(-c2ccccc2)nc1CC(=O)Cl. The summed E-state index contributed by atoms with van der Waals surface area (Å²) in [6.45, 7) is 1.77. The van der Waals surface area contributed by atoms with Gasteiger partial charge in [-0.1, -0.05) is 18.2 Å². The first-order chi connectivity index (χ1) is 7.66. The Bertz CT molecular complexity index is 505. The van der Waals surface area contributed by atoms with Gasteiger partial charge >= 0.3 is 0 Å². The lowest BCUT2D eigenvalue weighted by atomic mass is 10.2. The minimum absolute atomic E-state index is 0.101. The van der Waals surface area contributed by atoms with Gasteiger partial charge in [-0.25, -0.2) is 4.98 Å². The molecule has 0 fully saturated rings. The van der Waals surface area contributed by atoms with Crippen LogP contribution in [0.1, 0.15) is 11.5 Å². The Hall–Kier alpha value is -1.61. The predicted octanol–water partition coefficient (Wildman–Crippen LogP) is 2.96. The first-order valence-corrected chi connectivity index (χ1v) is 5.24. The number of aryl methyl sites for hydroxylation is 1. The third-order valence-electron chi connectivity index (χ3n) is 2.22. The van der Waals surface area contributed by atoms with Crippen molar-refractivity contribution in [3.63, 3.8) is 0 Å². The van der Waals surface area contributed by atoms with Crippen LogP contribution in [0.25, 0.3) is 11.5 Å². The number of hydrogen-bond acceptors (Lipinski definition) is 3. The Morgan fingerprint density at radius 2 is 2.06 bits per heavy atom. The summed E-state index contributed by atoms with van der Waals surface area (Å²) in [5, 5.41) is -0.434.